The molecule has 0 amide bonds. The molecule has 1 saturated carbocycles. The molecule has 2 unspecified atom stereocenters. The Morgan fingerprint density at radius 3 is 2.88 bits per heavy atom. The number of thiophene rings is 1. The van der Waals surface area contributed by atoms with Crippen molar-refractivity contribution < 1.29 is 5.11 Å². The SMILES string of the molecule is CC1(C)C(O)CC1NCc1ccc(C#N)s1. The van der Waals surface area contributed by atoms with Crippen LogP contribution in [0.4, 0.5) is 0 Å². The Balaban J connectivity index is 1.87. The Kier molecular flexibility index (Phi) is 3.02. The summed E-state index contributed by atoms with van der Waals surface area (Å²) in [4.78, 5) is 1.93. The zero-order chi connectivity index (χ0) is 11.8. The van der Waals surface area contributed by atoms with Crippen LogP contribution in [0.15, 0.2) is 12.1 Å². The molecule has 1 heterocycles. The summed E-state index contributed by atoms with van der Waals surface area (Å²) in [7, 11) is 0. The Bertz CT molecular complexity index is 419. The standard InChI is InChI=1S/C12H16N2OS/c1-12(2)10(5-11(12)15)14-7-9-4-3-8(6-13)16-9/h3-4,10-11,14-15H,5,7H2,1-2H3. The largest absolute Gasteiger partial charge is 0.392 e. The molecule has 1 aromatic rings. The molecule has 1 aliphatic carbocycles. The van der Waals surface area contributed by atoms with Crippen molar-refractivity contribution >= 4 is 11.3 Å². The summed E-state index contributed by atoms with van der Waals surface area (Å²) < 4.78 is 0. The lowest BCUT2D eigenvalue weighted by Crippen LogP contribution is -2.59. The summed E-state index contributed by atoms with van der Waals surface area (Å²) in [5.74, 6) is 0. The molecule has 1 fully saturated rings. The van der Waals surface area contributed by atoms with E-state index in [1.54, 1.807) is 0 Å². The fourth-order valence-corrected chi connectivity index (χ4v) is 2.76. The van der Waals surface area contributed by atoms with Crippen LogP contribution in [0, 0.1) is 16.7 Å². The van der Waals surface area contributed by atoms with Crippen LogP contribution in [0.5, 0.6) is 0 Å². The molecule has 0 aromatic carbocycles. The summed E-state index contributed by atoms with van der Waals surface area (Å²) in [6, 6.07) is 6.34. The van der Waals surface area contributed by atoms with Gasteiger partial charge in [0.15, 0.2) is 0 Å². The van der Waals surface area contributed by atoms with E-state index < -0.39 is 0 Å². The van der Waals surface area contributed by atoms with Gasteiger partial charge in [0.05, 0.1) is 6.10 Å². The van der Waals surface area contributed by atoms with E-state index in [0.29, 0.717) is 6.04 Å². The third-order valence-corrected chi connectivity index (χ3v) is 4.50. The summed E-state index contributed by atoms with van der Waals surface area (Å²) in [6.45, 7) is 4.94. The molecule has 2 N–H and O–H groups in total. The molecule has 0 radical (unpaired) electrons. The zero-order valence-electron chi connectivity index (χ0n) is 9.53. The highest BCUT2D eigenvalue weighted by molar-refractivity contribution is 7.12. The van der Waals surface area contributed by atoms with Crippen LogP contribution in [-0.4, -0.2) is 17.3 Å². The first-order valence-corrected chi connectivity index (χ1v) is 6.26. The van der Waals surface area contributed by atoms with Gasteiger partial charge in [0.1, 0.15) is 10.9 Å². The van der Waals surface area contributed by atoms with Crippen molar-refractivity contribution in [3.63, 3.8) is 0 Å². The maximum Gasteiger partial charge on any atom is 0.110 e. The minimum absolute atomic E-state index is 0.0324. The van der Waals surface area contributed by atoms with Gasteiger partial charge in [0.2, 0.25) is 0 Å². The molecular formula is C12H16N2OS. The second-order valence-corrected chi connectivity index (χ2v) is 6.05. The van der Waals surface area contributed by atoms with E-state index >= 15 is 0 Å². The number of rotatable bonds is 3. The topological polar surface area (TPSA) is 56.0 Å². The van der Waals surface area contributed by atoms with Gasteiger partial charge in [-0.2, -0.15) is 5.26 Å². The van der Waals surface area contributed by atoms with Gasteiger partial charge in [-0.25, -0.2) is 0 Å². The molecule has 0 aliphatic heterocycles. The van der Waals surface area contributed by atoms with Gasteiger partial charge in [0, 0.05) is 22.9 Å². The summed E-state index contributed by atoms with van der Waals surface area (Å²) >= 11 is 1.52. The van der Waals surface area contributed by atoms with E-state index in [1.807, 2.05) is 12.1 Å². The van der Waals surface area contributed by atoms with Crippen molar-refractivity contribution in [2.45, 2.75) is 39.0 Å². The molecular weight excluding hydrogens is 220 g/mol. The number of hydrogen-bond donors (Lipinski definition) is 2. The number of hydrogen-bond acceptors (Lipinski definition) is 4. The van der Waals surface area contributed by atoms with Gasteiger partial charge in [-0.05, 0) is 18.6 Å². The van der Waals surface area contributed by atoms with E-state index in [9.17, 15) is 5.11 Å². The summed E-state index contributed by atoms with van der Waals surface area (Å²) in [6.07, 6.45) is 0.631. The predicted molar refractivity (Wildman–Crippen MR) is 64.1 cm³/mol. The lowest BCUT2D eigenvalue weighted by atomic mass is 9.64. The number of nitrogens with zero attached hydrogens (tertiary/aromatic N) is 1. The van der Waals surface area contributed by atoms with Crippen molar-refractivity contribution in [2.75, 3.05) is 0 Å². The van der Waals surface area contributed by atoms with Gasteiger partial charge < -0.3 is 10.4 Å². The highest BCUT2D eigenvalue weighted by atomic mass is 32.1. The molecule has 2 rings (SSSR count). The van der Waals surface area contributed by atoms with Gasteiger partial charge in [-0.15, -0.1) is 11.3 Å². The smallest absolute Gasteiger partial charge is 0.110 e. The monoisotopic (exact) mass is 236 g/mol. The minimum atomic E-state index is -0.192. The van der Waals surface area contributed by atoms with E-state index in [1.165, 1.54) is 16.2 Å². The van der Waals surface area contributed by atoms with Crippen LogP contribution in [-0.2, 0) is 6.54 Å². The lowest BCUT2D eigenvalue weighted by Gasteiger charge is -2.49. The lowest BCUT2D eigenvalue weighted by molar-refractivity contribution is -0.0729. The van der Waals surface area contributed by atoms with Crippen LogP contribution in [0.25, 0.3) is 0 Å². The molecule has 16 heavy (non-hydrogen) atoms. The second kappa shape index (κ2) is 4.17. The van der Waals surface area contributed by atoms with Crippen molar-refractivity contribution in [1.29, 1.82) is 5.26 Å². The Morgan fingerprint density at radius 2 is 2.38 bits per heavy atom. The van der Waals surface area contributed by atoms with Gasteiger partial charge in [0.25, 0.3) is 0 Å². The third-order valence-electron chi connectivity index (χ3n) is 3.51. The third kappa shape index (κ3) is 1.99. The average Bonchev–Trinajstić information content (AvgIpc) is 2.71. The quantitative estimate of drug-likeness (QED) is 0.842. The molecule has 4 heteroatoms. The first-order valence-electron chi connectivity index (χ1n) is 5.44. The second-order valence-electron chi connectivity index (χ2n) is 4.88. The summed E-state index contributed by atoms with van der Waals surface area (Å²) in [5.41, 5.74) is -0.0324. The highest BCUT2D eigenvalue weighted by Crippen LogP contribution is 2.40. The molecule has 3 nitrogen and oxygen atoms in total. The molecule has 1 aliphatic rings. The highest BCUT2D eigenvalue weighted by Gasteiger charge is 2.46. The fraction of sp³-hybridized carbons (Fsp3) is 0.583. The van der Waals surface area contributed by atoms with Gasteiger partial charge in [-0.3, -0.25) is 0 Å². The normalized spacial score (nSPS) is 27.1. The number of aliphatic hydroxyl groups is 1. The number of aliphatic hydroxyl groups excluding tert-OH is 1. The predicted octanol–water partition coefficient (Wildman–Crippen LogP) is 1.87. The number of nitriles is 1. The van der Waals surface area contributed by atoms with Crippen molar-refractivity contribution in [1.82, 2.24) is 5.32 Å². The number of nitrogens with one attached hydrogen (secondary N) is 1. The van der Waals surface area contributed by atoms with Crippen molar-refractivity contribution in [3.8, 4) is 6.07 Å². The molecule has 2 atom stereocenters. The first-order chi connectivity index (χ1) is 7.54. The van der Waals surface area contributed by atoms with Gasteiger partial charge in [-0.1, -0.05) is 13.8 Å². The van der Waals surface area contributed by atoms with E-state index in [0.717, 1.165) is 17.8 Å². The van der Waals surface area contributed by atoms with Crippen LogP contribution < -0.4 is 5.32 Å². The van der Waals surface area contributed by atoms with E-state index in [4.69, 9.17) is 5.26 Å². The molecule has 86 valence electrons. The molecule has 0 bridgehead atoms. The zero-order valence-corrected chi connectivity index (χ0v) is 10.3. The van der Waals surface area contributed by atoms with E-state index in [2.05, 4.69) is 25.2 Å². The Hall–Kier alpha value is -0.890. The van der Waals surface area contributed by atoms with E-state index in [-0.39, 0.29) is 11.5 Å². The Labute approximate surface area is 99.7 Å². The van der Waals surface area contributed by atoms with Crippen LogP contribution in [0.1, 0.15) is 30.0 Å². The van der Waals surface area contributed by atoms with Crippen LogP contribution in [0.2, 0.25) is 0 Å². The average molecular weight is 236 g/mol. The van der Waals surface area contributed by atoms with Crippen LogP contribution >= 0.6 is 11.3 Å². The maximum absolute atomic E-state index is 9.61. The van der Waals surface area contributed by atoms with Gasteiger partial charge >= 0.3 is 0 Å². The fourth-order valence-electron chi connectivity index (χ4n) is 2.01. The van der Waals surface area contributed by atoms with Crippen molar-refractivity contribution in [2.24, 2.45) is 5.41 Å². The minimum Gasteiger partial charge on any atom is -0.392 e. The molecule has 0 spiro atoms. The molecule has 0 saturated heterocycles. The Morgan fingerprint density at radius 1 is 1.62 bits per heavy atom. The summed E-state index contributed by atoms with van der Waals surface area (Å²) in [5, 5.41) is 21.7. The van der Waals surface area contributed by atoms with Crippen LogP contribution in [0.3, 0.4) is 0 Å². The maximum atomic E-state index is 9.61. The first kappa shape index (κ1) is 11.6. The molecule has 1 aromatic heterocycles. The van der Waals surface area contributed by atoms with Crippen molar-refractivity contribution in [3.05, 3.63) is 21.9 Å².